The van der Waals surface area contributed by atoms with Crippen molar-refractivity contribution in [2.24, 2.45) is 5.73 Å². The molecule has 2 aromatic rings. The van der Waals surface area contributed by atoms with Gasteiger partial charge in [-0.2, -0.15) is 0 Å². The van der Waals surface area contributed by atoms with Crippen LogP contribution < -0.4 is 16.4 Å². The number of rotatable bonds is 8. The lowest BCUT2D eigenvalue weighted by molar-refractivity contribution is -0.384. The Kier molecular flexibility index (Phi) is 6.91. The molecule has 4 N–H and O–H groups in total. The number of nitrogens with two attached hydrogens (primary N) is 1. The maximum Gasteiger partial charge on any atom is 0.323 e. The molecule has 0 saturated carbocycles. The summed E-state index contributed by atoms with van der Waals surface area (Å²) in [6, 6.07) is 13.0. The molecule has 0 radical (unpaired) electrons. The van der Waals surface area contributed by atoms with Crippen LogP contribution in [0.1, 0.15) is 24.8 Å². The molecule has 7 heteroatoms. The van der Waals surface area contributed by atoms with Gasteiger partial charge in [-0.15, -0.1) is 0 Å². The Morgan fingerprint density at radius 2 is 1.48 bits per heavy atom. The second-order valence-electron chi connectivity index (χ2n) is 5.68. The molecule has 0 aromatic heterocycles. The Morgan fingerprint density at radius 1 is 0.920 bits per heavy atom. The molecule has 2 aromatic carbocycles. The largest absolute Gasteiger partial charge is 0.330 e. The highest BCUT2D eigenvalue weighted by molar-refractivity contribution is 5.99. The summed E-state index contributed by atoms with van der Waals surface area (Å²) in [7, 11) is 0. The molecular formula is C18H22N4O3. The maximum atomic E-state index is 12.0. The van der Waals surface area contributed by atoms with E-state index >= 15 is 0 Å². The number of hydrogen-bond acceptors (Lipinski definition) is 4. The third kappa shape index (κ3) is 6.23. The normalized spacial score (nSPS) is 10.3. The average Bonchev–Trinajstić information content (AvgIpc) is 2.60. The summed E-state index contributed by atoms with van der Waals surface area (Å²) < 4.78 is 0. The Bertz CT molecular complexity index is 699. The number of anilines is 2. The fraction of sp³-hybridized carbons (Fsp3) is 0.278. The fourth-order valence-corrected chi connectivity index (χ4v) is 2.36. The Morgan fingerprint density at radius 3 is 2.00 bits per heavy atom. The number of urea groups is 1. The topological polar surface area (TPSA) is 110 Å². The van der Waals surface area contributed by atoms with Crippen LogP contribution in [-0.2, 0) is 6.42 Å². The number of unbranched alkanes of at least 4 members (excludes halogenated alkanes) is 2. The number of benzene rings is 2. The smallest absolute Gasteiger partial charge is 0.323 e. The second-order valence-corrected chi connectivity index (χ2v) is 5.68. The van der Waals surface area contributed by atoms with Crippen LogP contribution in [0.5, 0.6) is 0 Å². The first kappa shape index (κ1) is 18.4. The van der Waals surface area contributed by atoms with E-state index in [9.17, 15) is 14.9 Å². The predicted molar refractivity (Wildman–Crippen MR) is 98.8 cm³/mol. The van der Waals surface area contributed by atoms with Gasteiger partial charge >= 0.3 is 6.03 Å². The summed E-state index contributed by atoms with van der Waals surface area (Å²) in [5, 5.41) is 16.0. The minimum absolute atomic E-state index is 0.0204. The second kappa shape index (κ2) is 9.39. The minimum Gasteiger partial charge on any atom is -0.330 e. The van der Waals surface area contributed by atoms with Crippen molar-refractivity contribution in [1.82, 2.24) is 0 Å². The summed E-state index contributed by atoms with van der Waals surface area (Å²) >= 11 is 0. The third-order valence-corrected chi connectivity index (χ3v) is 3.72. The van der Waals surface area contributed by atoms with Gasteiger partial charge in [-0.25, -0.2) is 4.79 Å². The van der Waals surface area contributed by atoms with Crippen LogP contribution in [0.15, 0.2) is 48.5 Å². The molecule has 0 fully saturated rings. The molecule has 7 nitrogen and oxygen atoms in total. The Balaban J connectivity index is 1.82. The SMILES string of the molecule is NCCCCCc1ccc(NC(=O)Nc2ccc([N+](=O)[O-])cc2)cc1. The summed E-state index contributed by atoms with van der Waals surface area (Å²) in [5.74, 6) is 0. The van der Waals surface area contributed by atoms with Gasteiger partial charge in [-0.3, -0.25) is 10.1 Å². The highest BCUT2D eigenvalue weighted by Crippen LogP contribution is 2.16. The number of carbonyl (C=O) groups is 1. The van der Waals surface area contributed by atoms with Crippen molar-refractivity contribution >= 4 is 23.1 Å². The van der Waals surface area contributed by atoms with Gasteiger partial charge in [0.1, 0.15) is 0 Å². The van der Waals surface area contributed by atoms with Crippen molar-refractivity contribution < 1.29 is 9.72 Å². The van der Waals surface area contributed by atoms with Gasteiger partial charge in [0.05, 0.1) is 4.92 Å². The predicted octanol–water partition coefficient (Wildman–Crippen LogP) is 3.91. The molecule has 0 saturated heterocycles. The first-order valence-electron chi connectivity index (χ1n) is 8.20. The van der Waals surface area contributed by atoms with Crippen LogP contribution in [0.3, 0.4) is 0 Å². The highest BCUT2D eigenvalue weighted by Gasteiger charge is 2.06. The molecule has 0 aliphatic heterocycles. The summed E-state index contributed by atoms with van der Waals surface area (Å²) in [6.07, 6.45) is 4.26. The van der Waals surface area contributed by atoms with Crippen molar-refractivity contribution in [3.63, 3.8) is 0 Å². The molecular weight excluding hydrogens is 320 g/mol. The van der Waals surface area contributed by atoms with Gasteiger partial charge in [-0.05, 0) is 55.6 Å². The van der Waals surface area contributed by atoms with Crippen LogP contribution in [0.2, 0.25) is 0 Å². The van der Waals surface area contributed by atoms with E-state index in [0.29, 0.717) is 11.4 Å². The quantitative estimate of drug-likeness (QED) is 0.384. The van der Waals surface area contributed by atoms with Gasteiger partial charge < -0.3 is 16.4 Å². The van der Waals surface area contributed by atoms with Crippen molar-refractivity contribution in [1.29, 1.82) is 0 Å². The molecule has 0 heterocycles. The van der Waals surface area contributed by atoms with Crippen LogP contribution in [0.4, 0.5) is 21.9 Å². The lowest BCUT2D eigenvalue weighted by Gasteiger charge is -2.08. The summed E-state index contributed by atoms with van der Waals surface area (Å²) in [5.41, 5.74) is 7.85. The molecule has 132 valence electrons. The van der Waals surface area contributed by atoms with Crippen molar-refractivity contribution in [2.75, 3.05) is 17.2 Å². The van der Waals surface area contributed by atoms with Gasteiger partial charge in [0, 0.05) is 23.5 Å². The van der Waals surface area contributed by atoms with E-state index in [-0.39, 0.29) is 5.69 Å². The van der Waals surface area contributed by atoms with Crippen LogP contribution in [0.25, 0.3) is 0 Å². The van der Waals surface area contributed by atoms with E-state index in [0.717, 1.165) is 32.2 Å². The molecule has 2 amide bonds. The monoisotopic (exact) mass is 342 g/mol. The molecule has 0 atom stereocenters. The summed E-state index contributed by atoms with van der Waals surface area (Å²) in [6.45, 7) is 0.729. The number of aryl methyl sites for hydroxylation is 1. The van der Waals surface area contributed by atoms with E-state index in [1.165, 1.54) is 29.8 Å². The standard InChI is InChI=1S/C18H22N4O3/c19-13-3-1-2-4-14-5-7-15(8-6-14)20-18(23)21-16-9-11-17(12-10-16)22(24)25/h5-12H,1-4,13,19H2,(H2,20,21,23). The van der Waals surface area contributed by atoms with Crippen LogP contribution in [-0.4, -0.2) is 17.5 Å². The number of nitro benzene ring substituents is 1. The molecule has 0 spiro atoms. The number of nitrogens with one attached hydrogen (secondary N) is 2. The zero-order valence-electron chi connectivity index (χ0n) is 13.9. The molecule has 0 aliphatic rings. The molecule has 0 bridgehead atoms. The zero-order valence-corrected chi connectivity index (χ0v) is 13.9. The van der Waals surface area contributed by atoms with Crippen molar-refractivity contribution in [3.05, 3.63) is 64.2 Å². The van der Waals surface area contributed by atoms with Crippen LogP contribution >= 0.6 is 0 Å². The number of amides is 2. The number of hydrogen-bond donors (Lipinski definition) is 3. The van der Waals surface area contributed by atoms with Gasteiger partial charge in [-0.1, -0.05) is 18.6 Å². The zero-order chi connectivity index (χ0) is 18.1. The van der Waals surface area contributed by atoms with E-state index in [1.807, 2.05) is 24.3 Å². The van der Waals surface area contributed by atoms with Crippen molar-refractivity contribution in [3.8, 4) is 0 Å². The van der Waals surface area contributed by atoms with E-state index in [4.69, 9.17) is 5.73 Å². The summed E-state index contributed by atoms with van der Waals surface area (Å²) in [4.78, 5) is 22.1. The first-order valence-corrected chi connectivity index (χ1v) is 8.20. The number of nitro groups is 1. The lowest BCUT2D eigenvalue weighted by Crippen LogP contribution is -2.19. The number of non-ortho nitro benzene ring substituents is 1. The minimum atomic E-state index is -0.485. The molecule has 0 unspecified atom stereocenters. The average molecular weight is 342 g/mol. The number of nitrogens with zero attached hydrogens (tertiary/aromatic N) is 1. The fourth-order valence-electron chi connectivity index (χ4n) is 2.36. The first-order chi connectivity index (χ1) is 12.1. The lowest BCUT2D eigenvalue weighted by atomic mass is 10.1. The third-order valence-electron chi connectivity index (χ3n) is 3.72. The van der Waals surface area contributed by atoms with Gasteiger partial charge in [0.2, 0.25) is 0 Å². The van der Waals surface area contributed by atoms with E-state index < -0.39 is 11.0 Å². The van der Waals surface area contributed by atoms with Crippen molar-refractivity contribution in [2.45, 2.75) is 25.7 Å². The molecule has 2 rings (SSSR count). The van der Waals surface area contributed by atoms with E-state index in [1.54, 1.807) is 0 Å². The van der Waals surface area contributed by atoms with E-state index in [2.05, 4.69) is 10.6 Å². The Labute approximate surface area is 146 Å². The number of carbonyl (C=O) groups excluding carboxylic acids is 1. The Hall–Kier alpha value is -2.93. The highest BCUT2D eigenvalue weighted by atomic mass is 16.6. The molecule has 0 aliphatic carbocycles. The van der Waals surface area contributed by atoms with Gasteiger partial charge in [0.15, 0.2) is 0 Å². The van der Waals surface area contributed by atoms with Crippen LogP contribution in [0, 0.1) is 10.1 Å². The molecule has 25 heavy (non-hydrogen) atoms. The van der Waals surface area contributed by atoms with Gasteiger partial charge in [0.25, 0.3) is 5.69 Å². The maximum absolute atomic E-state index is 12.0.